The van der Waals surface area contributed by atoms with E-state index in [9.17, 15) is 18.0 Å². The Morgan fingerprint density at radius 2 is 1.28 bits per heavy atom. The largest absolute Gasteiger partial charge is 0.478 e. The fourth-order valence-electron chi connectivity index (χ4n) is 2.70. The third-order valence-electron chi connectivity index (χ3n) is 4.06. The molecule has 2 aromatic carbocycles. The van der Waals surface area contributed by atoms with Crippen molar-refractivity contribution in [2.45, 2.75) is 6.18 Å². The summed E-state index contributed by atoms with van der Waals surface area (Å²) in [5.74, 6) is -0.996. The minimum absolute atomic E-state index is 0.195. The van der Waals surface area contributed by atoms with Crippen molar-refractivity contribution in [2.24, 2.45) is 7.05 Å². The Morgan fingerprint density at radius 1 is 0.840 bits per heavy atom. The van der Waals surface area contributed by atoms with Crippen molar-refractivity contribution in [2.75, 3.05) is 0 Å². The summed E-state index contributed by atoms with van der Waals surface area (Å²) in [4.78, 5) is 10.9. The van der Waals surface area contributed by atoms with E-state index in [1.165, 1.54) is 24.3 Å². The summed E-state index contributed by atoms with van der Waals surface area (Å²) in [5.41, 5.74) is 2.61. The first kappa shape index (κ1) is 16.8. The molecule has 128 valence electrons. The quantitative estimate of drug-likeness (QED) is 0.720. The smallest absolute Gasteiger partial charge is 0.416 e. The highest BCUT2D eigenvalue weighted by Gasteiger charge is 2.30. The van der Waals surface area contributed by atoms with Gasteiger partial charge in [-0.1, -0.05) is 24.3 Å². The molecular weight excluding hydrogens is 331 g/mol. The molecule has 0 aliphatic carbocycles. The molecule has 0 radical (unpaired) electrons. The average Bonchev–Trinajstić information content (AvgIpc) is 2.96. The number of aromatic nitrogens is 1. The first-order valence-corrected chi connectivity index (χ1v) is 7.44. The fourth-order valence-corrected chi connectivity index (χ4v) is 2.70. The summed E-state index contributed by atoms with van der Waals surface area (Å²) in [5, 5.41) is 8.95. The summed E-state index contributed by atoms with van der Waals surface area (Å²) in [7, 11) is 1.81. The number of nitrogens with zero attached hydrogens (tertiary/aromatic N) is 1. The van der Waals surface area contributed by atoms with Gasteiger partial charge in [-0.3, -0.25) is 0 Å². The molecule has 3 nitrogen and oxygen atoms in total. The van der Waals surface area contributed by atoms with Crippen molar-refractivity contribution in [3.63, 3.8) is 0 Å². The number of halogens is 3. The molecule has 0 fully saturated rings. The van der Waals surface area contributed by atoms with Gasteiger partial charge in [-0.25, -0.2) is 4.79 Å². The molecule has 1 heterocycles. The molecule has 1 aromatic heterocycles. The van der Waals surface area contributed by atoms with Gasteiger partial charge < -0.3 is 9.67 Å². The molecule has 25 heavy (non-hydrogen) atoms. The Balaban J connectivity index is 1.94. The van der Waals surface area contributed by atoms with Crippen molar-refractivity contribution in [1.82, 2.24) is 4.57 Å². The van der Waals surface area contributed by atoms with Gasteiger partial charge in [-0.05, 0) is 47.5 Å². The maximum absolute atomic E-state index is 12.7. The zero-order chi connectivity index (χ0) is 18.2. The van der Waals surface area contributed by atoms with Gasteiger partial charge in [0, 0.05) is 18.4 Å². The van der Waals surface area contributed by atoms with Crippen LogP contribution in [0.1, 0.15) is 15.9 Å². The first-order valence-electron chi connectivity index (χ1n) is 7.44. The van der Waals surface area contributed by atoms with Crippen LogP contribution in [0, 0.1) is 0 Å². The van der Waals surface area contributed by atoms with Gasteiger partial charge in [0.2, 0.25) is 0 Å². The second-order valence-electron chi connectivity index (χ2n) is 5.62. The highest BCUT2D eigenvalue weighted by molar-refractivity contribution is 5.88. The lowest BCUT2D eigenvalue weighted by atomic mass is 10.1. The monoisotopic (exact) mass is 345 g/mol. The van der Waals surface area contributed by atoms with E-state index in [1.807, 2.05) is 23.7 Å². The molecule has 0 bridgehead atoms. The Kier molecular flexibility index (Phi) is 4.12. The molecule has 0 amide bonds. The minimum Gasteiger partial charge on any atom is -0.478 e. The fraction of sp³-hybridized carbons (Fsp3) is 0.105. The maximum Gasteiger partial charge on any atom is 0.416 e. The van der Waals surface area contributed by atoms with E-state index in [1.54, 1.807) is 12.1 Å². The summed E-state index contributed by atoms with van der Waals surface area (Å²) in [6.07, 6.45) is -4.36. The lowest BCUT2D eigenvalue weighted by Crippen LogP contribution is -2.04. The van der Waals surface area contributed by atoms with Crippen LogP contribution in [-0.4, -0.2) is 15.6 Å². The van der Waals surface area contributed by atoms with Crippen molar-refractivity contribution < 1.29 is 23.1 Å². The van der Waals surface area contributed by atoms with Gasteiger partial charge in [-0.2, -0.15) is 13.2 Å². The predicted octanol–water partition coefficient (Wildman–Crippen LogP) is 5.08. The number of alkyl halides is 3. The number of aromatic carboxylic acids is 1. The number of rotatable bonds is 3. The normalized spacial score (nSPS) is 11.5. The van der Waals surface area contributed by atoms with Crippen molar-refractivity contribution in [3.05, 3.63) is 71.8 Å². The summed E-state index contributed by atoms with van der Waals surface area (Å²) >= 11 is 0. The number of carboxylic acids is 1. The lowest BCUT2D eigenvalue weighted by Gasteiger charge is -2.10. The molecule has 3 rings (SSSR count). The minimum atomic E-state index is -4.36. The van der Waals surface area contributed by atoms with Crippen LogP contribution in [0.3, 0.4) is 0 Å². The Bertz CT molecular complexity index is 907. The second kappa shape index (κ2) is 6.12. The lowest BCUT2D eigenvalue weighted by molar-refractivity contribution is -0.137. The van der Waals surface area contributed by atoms with Crippen LogP contribution >= 0.6 is 0 Å². The Morgan fingerprint density at radius 3 is 1.68 bits per heavy atom. The zero-order valence-electron chi connectivity index (χ0n) is 13.2. The average molecular weight is 345 g/mol. The van der Waals surface area contributed by atoms with E-state index in [0.29, 0.717) is 5.56 Å². The molecule has 0 saturated carbocycles. The Hall–Kier alpha value is -3.02. The predicted molar refractivity (Wildman–Crippen MR) is 88.2 cm³/mol. The highest BCUT2D eigenvalue weighted by atomic mass is 19.4. The van der Waals surface area contributed by atoms with Crippen LogP contribution in [0.5, 0.6) is 0 Å². The van der Waals surface area contributed by atoms with E-state index in [4.69, 9.17) is 5.11 Å². The van der Waals surface area contributed by atoms with E-state index >= 15 is 0 Å². The van der Waals surface area contributed by atoms with Gasteiger partial charge in [-0.15, -0.1) is 0 Å². The summed E-state index contributed by atoms with van der Waals surface area (Å²) < 4.78 is 39.9. The third kappa shape index (κ3) is 3.28. The SMILES string of the molecule is Cn1c(-c2ccc(C(=O)O)cc2)ccc1-c1ccc(C(F)(F)F)cc1. The molecule has 6 heteroatoms. The summed E-state index contributed by atoms with van der Waals surface area (Å²) in [6.45, 7) is 0. The maximum atomic E-state index is 12.7. The topological polar surface area (TPSA) is 42.2 Å². The van der Waals surface area contributed by atoms with Crippen LogP contribution in [0.2, 0.25) is 0 Å². The van der Waals surface area contributed by atoms with Crippen molar-refractivity contribution in [3.8, 4) is 22.5 Å². The van der Waals surface area contributed by atoms with Crippen molar-refractivity contribution >= 4 is 5.97 Å². The van der Waals surface area contributed by atoms with Crippen molar-refractivity contribution in [1.29, 1.82) is 0 Å². The van der Waals surface area contributed by atoms with Gasteiger partial charge in [0.15, 0.2) is 0 Å². The van der Waals surface area contributed by atoms with Gasteiger partial charge in [0.05, 0.1) is 11.1 Å². The van der Waals surface area contributed by atoms with Crippen LogP contribution in [0.4, 0.5) is 13.2 Å². The third-order valence-corrected chi connectivity index (χ3v) is 4.06. The number of carboxylic acid groups (broad SMARTS) is 1. The van der Waals surface area contributed by atoms with Gasteiger partial charge >= 0.3 is 12.1 Å². The number of benzene rings is 2. The van der Waals surface area contributed by atoms with Crippen LogP contribution in [0.15, 0.2) is 60.7 Å². The standard InChI is InChI=1S/C19H14F3NO2/c1-23-16(12-2-4-14(5-3-12)18(24)25)10-11-17(23)13-6-8-15(9-7-13)19(20,21)22/h2-11H,1H3,(H,24,25). The van der Waals surface area contributed by atoms with E-state index in [-0.39, 0.29) is 5.56 Å². The molecule has 0 saturated heterocycles. The van der Waals surface area contributed by atoms with Crippen LogP contribution in [-0.2, 0) is 13.2 Å². The van der Waals surface area contributed by atoms with E-state index < -0.39 is 17.7 Å². The first-order chi connectivity index (χ1) is 11.8. The Labute approximate surface area is 142 Å². The van der Waals surface area contributed by atoms with Crippen LogP contribution in [0.25, 0.3) is 22.5 Å². The van der Waals surface area contributed by atoms with E-state index in [2.05, 4.69) is 0 Å². The molecular formula is C19H14F3NO2. The molecule has 0 aliphatic heterocycles. The van der Waals surface area contributed by atoms with E-state index in [0.717, 1.165) is 29.1 Å². The molecule has 1 N–H and O–H groups in total. The summed E-state index contributed by atoms with van der Waals surface area (Å²) in [6, 6.07) is 15.1. The van der Waals surface area contributed by atoms with Gasteiger partial charge in [0.1, 0.15) is 0 Å². The molecule has 0 atom stereocenters. The van der Waals surface area contributed by atoms with Gasteiger partial charge in [0.25, 0.3) is 0 Å². The number of hydrogen-bond donors (Lipinski definition) is 1. The molecule has 0 spiro atoms. The van der Waals surface area contributed by atoms with Crippen LogP contribution < -0.4 is 0 Å². The highest BCUT2D eigenvalue weighted by Crippen LogP contribution is 2.32. The zero-order valence-corrected chi connectivity index (χ0v) is 13.2. The number of carbonyl (C=O) groups is 1. The number of hydrogen-bond acceptors (Lipinski definition) is 1. The molecule has 3 aromatic rings. The molecule has 0 unspecified atom stereocenters. The second-order valence-corrected chi connectivity index (χ2v) is 5.62. The molecule has 0 aliphatic rings.